The number of aryl methyl sites for hydroxylation is 2. The molecule has 2 aromatic rings. The average Bonchev–Trinajstić information content (AvgIpc) is 2.82. The molecule has 0 spiro atoms. The van der Waals surface area contributed by atoms with Crippen molar-refractivity contribution in [3.63, 3.8) is 0 Å². The maximum Gasteiger partial charge on any atom is 0.335 e. The fourth-order valence-corrected chi connectivity index (χ4v) is 3.90. The molecular formula is C12H13N3O4S2. The first kappa shape index (κ1) is 15.4. The number of sulfonamides is 1. The lowest BCUT2D eigenvalue weighted by Gasteiger charge is -2.10. The smallest absolute Gasteiger partial charge is 0.335 e. The van der Waals surface area contributed by atoms with Crippen LogP contribution in [-0.2, 0) is 16.4 Å². The van der Waals surface area contributed by atoms with Gasteiger partial charge in [-0.05, 0) is 31.0 Å². The molecular weight excluding hydrogens is 314 g/mol. The van der Waals surface area contributed by atoms with Crippen molar-refractivity contribution in [1.29, 1.82) is 0 Å². The van der Waals surface area contributed by atoms with Gasteiger partial charge in [-0.15, -0.1) is 10.2 Å². The summed E-state index contributed by atoms with van der Waals surface area (Å²) in [7, 11) is -3.90. The summed E-state index contributed by atoms with van der Waals surface area (Å²) < 4.78 is 27.1. The Hall–Kier alpha value is -2.00. The molecule has 1 aromatic carbocycles. The van der Waals surface area contributed by atoms with Gasteiger partial charge in [-0.1, -0.05) is 24.3 Å². The molecule has 2 N–H and O–H groups in total. The molecule has 0 amide bonds. The number of rotatable bonds is 5. The number of benzene rings is 1. The zero-order chi connectivity index (χ0) is 15.6. The third-order valence-electron chi connectivity index (χ3n) is 2.73. The molecule has 0 saturated heterocycles. The van der Waals surface area contributed by atoms with Crippen molar-refractivity contribution in [3.05, 3.63) is 34.3 Å². The van der Waals surface area contributed by atoms with Gasteiger partial charge in [-0.25, -0.2) is 13.2 Å². The van der Waals surface area contributed by atoms with Gasteiger partial charge in [0.05, 0.1) is 10.5 Å². The first-order valence-corrected chi connectivity index (χ1v) is 8.32. The highest BCUT2D eigenvalue weighted by molar-refractivity contribution is 7.93. The molecule has 1 aromatic heterocycles. The number of hydrogen-bond acceptors (Lipinski definition) is 6. The van der Waals surface area contributed by atoms with Gasteiger partial charge in [-0.3, -0.25) is 4.72 Å². The number of anilines is 1. The molecule has 21 heavy (non-hydrogen) atoms. The maximum absolute atomic E-state index is 12.4. The van der Waals surface area contributed by atoms with Crippen molar-refractivity contribution in [3.8, 4) is 0 Å². The molecule has 0 aliphatic rings. The summed E-state index contributed by atoms with van der Waals surface area (Å²) in [6.45, 7) is 3.50. The van der Waals surface area contributed by atoms with E-state index in [-0.39, 0.29) is 15.6 Å². The molecule has 1 heterocycles. The standard InChI is InChI=1S/C12H13N3O4S2/c1-3-8-4-5-9(11(16)17)6-10(8)21(18,19)15-12-14-13-7(2)20-12/h4-6H,3H2,1-2H3,(H,14,15)(H,16,17). The van der Waals surface area contributed by atoms with Crippen LogP contribution in [0.2, 0.25) is 0 Å². The highest BCUT2D eigenvalue weighted by Gasteiger charge is 2.21. The summed E-state index contributed by atoms with van der Waals surface area (Å²) in [5.74, 6) is -1.18. The fraction of sp³-hybridized carbons (Fsp3) is 0.250. The van der Waals surface area contributed by atoms with Crippen LogP contribution in [0.15, 0.2) is 23.1 Å². The highest BCUT2D eigenvalue weighted by atomic mass is 32.2. The fourth-order valence-electron chi connectivity index (χ4n) is 1.74. The Morgan fingerprint density at radius 3 is 2.62 bits per heavy atom. The summed E-state index contributed by atoms with van der Waals surface area (Å²) in [5.41, 5.74) is 0.453. The van der Waals surface area contributed by atoms with Crippen molar-refractivity contribution in [2.45, 2.75) is 25.2 Å². The summed E-state index contributed by atoms with van der Waals surface area (Å²) in [6.07, 6.45) is 0.464. The van der Waals surface area contributed by atoms with Gasteiger partial charge in [-0.2, -0.15) is 0 Å². The van der Waals surface area contributed by atoms with E-state index in [9.17, 15) is 13.2 Å². The number of carboxylic acids is 1. The van der Waals surface area contributed by atoms with Crippen LogP contribution >= 0.6 is 11.3 Å². The van der Waals surface area contributed by atoms with Crippen molar-refractivity contribution in [2.75, 3.05) is 4.72 Å². The van der Waals surface area contributed by atoms with E-state index in [1.165, 1.54) is 12.1 Å². The molecule has 0 radical (unpaired) electrons. The van der Waals surface area contributed by atoms with Crippen LogP contribution in [0.1, 0.15) is 27.9 Å². The lowest BCUT2D eigenvalue weighted by Crippen LogP contribution is -2.16. The predicted molar refractivity (Wildman–Crippen MR) is 78.2 cm³/mol. The first-order valence-electron chi connectivity index (χ1n) is 6.02. The second-order valence-electron chi connectivity index (χ2n) is 4.21. The zero-order valence-electron chi connectivity index (χ0n) is 11.3. The number of hydrogen-bond donors (Lipinski definition) is 2. The first-order chi connectivity index (χ1) is 9.83. The quantitative estimate of drug-likeness (QED) is 0.868. The molecule has 0 atom stereocenters. The van der Waals surface area contributed by atoms with Gasteiger partial charge in [0.2, 0.25) is 5.13 Å². The number of nitrogens with one attached hydrogen (secondary N) is 1. The minimum absolute atomic E-state index is 0.0576. The van der Waals surface area contributed by atoms with Gasteiger partial charge < -0.3 is 5.11 Å². The summed E-state index contributed by atoms with van der Waals surface area (Å²) in [4.78, 5) is 10.9. The minimum atomic E-state index is -3.90. The average molecular weight is 327 g/mol. The molecule has 0 aliphatic carbocycles. The lowest BCUT2D eigenvalue weighted by molar-refractivity contribution is 0.0696. The lowest BCUT2D eigenvalue weighted by atomic mass is 10.1. The van der Waals surface area contributed by atoms with E-state index in [1.54, 1.807) is 13.8 Å². The third-order valence-corrected chi connectivity index (χ3v) is 5.04. The van der Waals surface area contributed by atoms with E-state index in [2.05, 4.69) is 14.9 Å². The molecule has 0 bridgehead atoms. The van der Waals surface area contributed by atoms with Crippen molar-refractivity contribution >= 4 is 32.5 Å². The summed E-state index contributed by atoms with van der Waals surface area (Å²) in [6, 6.07) is 4.04. The van der Waals surface area contributed by atoms with Crippen molar-refractivity contribution in [2.24, 2.45) is 0 Å². The van der Waals surface area contributed by atoms with Gasteiger partial charge in [0.25, 0.3) is 10.0 Å². The Bertz CT molecular complexity index is 784. The van der Waals surface area contributed by atoms with E-state index in [0.29, 0.717) is 17.0 Å². The second-order valence-corrected chi connectivity index (χ2v) is 7.05. The van der Waals surface area contributed by atoms with E-state index in [4.69, 9.17) is 5.11 Å². The topological polar surface area (TPSA) is 109 Å². The Labute approximate surface area is 125 Å². The van der Waals surface area contributed by atoms with Crippen LogP contribution in [-0.4, -0.2) is 29.7 Å². The van der Waals surface area contributed by atoms with Gasteiger partial charge >= 0.3 is 5.97 Å². The highest BCUT2D eigenvalue weighted by Crippen LogP contribution is 2.23. The Morgan fingerprint density at radius 1 is 1.38 bits per heavy atom. The zero-order valence-corrected chi connectivity index (χ0v) is 13.0. The number of carbonyl (C=O) groups is 1. The third kappa shape index (κ3) is 3.37. The molecule has 0 fully saturated rings. The maximum atomic E-state index is 12.4. The molecule has 0 unspecified atom stereocenters. The van der Waals surface area contributed by atoms with Crippen LogP contribution in [0.5, 0.6) is 0 Å². The number of aromatic nitrogens is 2. The largest absolute Gasteiger partial charge is 0.478 e. The Kier molecular flexibility index (Phi) is 4.24. The van der Waals surface area contributed by atoms with E-state index < -0.39 is 16.0 Å². The predicted octanol–water partition coefficient (Wildman–Crippen LogP) is 1.91. The Balaban J connectivity index is 2.47. The number of carboxylic acid groups (broad SMARTS) is 1. The molecule has 112 valence electrons. The molecule has 2 rings (SSSR count). The van der Waals surface area contributed by atoms with E-state index >= 15 is 0 Å². The van der Waals surface area contributed by atoms with E-state index in [0.717, 1.165) is 17.4 Å². The normalized spacial score (nSPS) is 11.3. The number of nitrogens with zero attached hydrogens (tertiary/aromatic N) is 2. The van der Waals surface area contributed by atoms with Gasteiger partial charge in [0.15, 0.2) is 0 Å². The van der Waals surface area contributed by atoms with Gasteiger partial charge in [0.1, 0.15) is 5.01 Å². The molecule has 7 nitrogen and oxygen atoms in total. The minimum Gasteiger partial charge on any atom is -0.478 e. The van der Waals surface area contributed by atoms with Crippen LogP contribution in [0.3, 0.4) is 0 Å². The SMILES string of the molecule is CCc1ccc(C(=O)O)cc1S(=O)(=O)Nc1nnc(C)s1. The van der Waals surface area contributed by atoms with Crippen LogP contribution in [0.4, 0.5) is 5.13 Å². The summed E-state index contributed by atoms with van der Waals surface area (Å²) >= 11 is 1.10. The monoisotopic (exact) mass is 327 g/mol. The molecule has 0 aliphatic heterocycles. The van der Waals surface area contributed by atoms with E-state index in [1.807, 2.05) is 0 Å². The second kappa shape index (κ2) is 5.78. The summed E-state index contributed by atoms with van der Waals surface area (Å²) in [5, 5.41) is 17.2. The van der Waals surface area contributed by atoms with Crippen molar-refractivity contribution < 1.29 is 18.3 Å². The van der Waals surface area contributed by atoms with Crippen LogP contribution < -0.4 is 4.72 Å². The van der Waals surface area contributed by atoms with Crippen LogP contribution in [0, 0.1) is 6.92 Å². The number of aromatic carboxylic acids is 1. The molecule has 9 heteroatoms. The van der Waals surface area contributed by atoms with Gasteiger partial charge in [0, 0.05) is 0 Å². The van der Waals surface area contributed by atoms with Crippen LogP contribution in [0.25, 0.3) is 0 Å². The Morgan fingerprint density at radius 2 is 2.10 bits per heavy atom. The molecule has 0 saturated carbocycles. The van der Waals surface area contributed by atoms with Crippen molar-refractivity contribution in [1.82, 2.24) is 10.2 Å².